The molecule has 0 aromatic carbocycles. The topological polar surface area (TPSA) is 98.9 Å². The SMILES string of the molecule is CCOC(=O)CS(=O)(=O)N1CCOC(CN)C1. The van der Waals surface area contributed by atoms with Gasteiger partial charge in [-0.2, -0.15) is 4.31 Å². The van der Waals surface area contributed by atoms with Gasteiger partial charge in [0.2, 0.25) is 10.0 Å². The molecule has 0 saturated carbocycles. The summed E-state index contributed by atoms with van der Waals surface area (Å²) >= 11 is 0. The molecular weight excluding hydrogens is 248 g/mol. The van der Waals surface area contributed by atoms with Crippen LogP contribution in [-0.4, -0.2) is 63.4 Å². The quantitative estimate of drug-likeness (QED) is 0.610. The van der Waals surface area contributed by atoms with Gasteiger partial charge in [-0.25, -0.2) is 8.42 Å². The predicted molar refractivity (Wildman–Crippen MR) is 60.8 cm³/mol. The average molecular weight is 266 g/mol. The summed E-state index contributed by atoms with van der Waals surface area (Å²) < 4.78 is 34.8. The maximum Gasteiger partial charge on any atom is 0.322 e. The molecule has 17 heavy (non-hydrogen) atoms. The first-order valence-corrected chi connectivity index (χ1v) is 7.05. The highest BCUT2D eigenvalue weighted by Crippen LogP contribution is 2.10. The van der Waals surface area contributed by atoms with E-state index in [0.717, 1.165) is 0 Å². The lowest BCUT2D eigenvalue weighted by Gasteiger charge is -2.31. The van der Waals surface area contributed by atoms with E-state index in [9.17, 15) is 13.2 Å². The summed E-state index contributed by atoms with van der Waals surface area (Å²) in [6.45, 7) is 2.79. The molecule has 1 rings (SSSR count). The van der Waals surface area contributed by atoms with E-state index in [4.69, 9.17) is 10.5 Å². The highest BCUT2D eigenvalue weighted by atomic mass is 32.2. The number of esters is 1. The maximum absolute atomic E-state index is 11.9. The van der Waals surface area contributed by atoms with Crippen LogP contribution < -0.4 is 5.73 Å². The van der Waals surface area contributed by atoms with Crippen molar-refractivity contribution in [3.05, 3.63) is 0 Å². The minimum atomic E-state index is -3.62. The Balaban J connectivity index is 2.60. The van der Waals surface area contributed by atoms with Gasteiger partial charge < -0.3 is 15.2 Å². The molecule has 0 aromatic heterocycles. The smallest absolute Gasteiger partial charge is 0.322 e. The molecule has 1 heterocycles. The van der Waals surface area contributed by atoms with Crippen LogP contribution in [0.4, 0.5) is 0 Å². The zero-order valence-electron chi connectivity index (χ0n) is 9.79. The molecule has 0 radical (unpaired) electrons. The van der Waals surface area contributed by atoms with Gasteiger partial charge in [0.05, 0.1) is 19.3 Å². The van der Waals surface area contributed by atoms with Gasteiger partial charge in [0, 0.05) is 19.6 Å². The van der Waals surface area contributed by atoms with E-state index in [0.29, 0.717) is 6.61 Å². The number of rotatable bonds is 5. The lowest BCUT2D eigenvalue weighted by Crippen LogP contribution is -2.49. The standard InChI is InChI=1S/C9H18N2O5S/c1-2-15-9(12)7-17(13,14)11-3-4-16-8(5-10)6-11/h8H,2-7,10H2,1H3. The Morgan fingerprint density at radius 1 is 1.59 bits per heavy atom. The Labute approximate surface area is 101 Å². The number of hydrogen-bond donors (Lipinski definition) is 1. The highest BCUT2D eigenvalue weighted by molar-refractivity contribution is 7.89. The van der Waals surface area contributed by atoms with Crippen molar-refractivity contribution in [1.82, 2.24) is 4.31 Å². The monoisotopic (exact) mass is 266 g/mol. The first kappa shape index (κ1) is 14.4. The van der Waals surface area contributed by atoms with Gasteiger partial charge in [0.1, 0.15) is 0 Å². The fourth-order valence-electron chi connectivity index (χ4n) is 1.53. The molecular formula is C9H18N2O5S. The highest BCUT2D eigenvalue weighted by Gasteiger charge is 2.30. The van der Waals surface area contributed by atoms with Crippen molar-refractivity contribution in [2.24, 2.45) is 5.73 Å². The number of ether oxygens (including phenoxy) is 2. The van der Waals surface area contributed by atoms with Crippen molar-refractivity contribution in [2.45, 2.75) is 13.0 Å². The molecule has 0 spiro atoms. The largest absolute Gasteiger partial charge is 0.465 e. The van der Waals surface area contributed by atoms with Crippen LogP contribution in [0.3, 0.4) is 0 Å². The van der Waals surface area contributed by atoms with Crippen molar-refractivity contribution in [3.63, 3.8) is 0 Å². The van der Waals surface area contributed by atoms with E-state index in [1.165, 1.54) is 4.31 Å². The molecule has 8 heteroatoms. The number of carbonyl (C=O) groups excluding carboxylic acids is 1. The van der Waals surface area contributed by atoms with Crippen LogP contribution in [0, 0.1) is 0 Å². The van der Waals surface area contributed by atoms with E-state index in [2.05, 4.69) is 4.74 Å². The second-order valence-electron chi connectivity index (χ2n) is 3.65. The zero-order valence-corrected chi connectivity index (χ0v) is 10.6. The van der Waals surface area contributed by atoms with Crippen LogP contribution >= 0.6 is 0 Å². The third kappa shape index (κ3) is 4.23. The van der Waals surface area contributed by atoms with Gasteiger partial charge in [-0.1, -0.05) is 0 Å². The fourth-order valence-corrected chi connectivity index (χ4v) is 2.84. The number of nitrogens with zero attached hydrogens (tertiary/aromatic N) is 1. The summed E-state index contributed by atoms with van der Waals surface area (Å²) in [7, 11) is -3.62. The van der Waals surface area contributed by atoms with Gasteiger partial charge in [0.25, 0.3) is 0 Å². The Hall–Kier alpha value is -0.700. The summed E-state index contributed by atoms with van der Waals surface area (Å²) in [6.07, 6.45) is -0.305. The van der Waals surface area contributed by atoms with Crippen molar-refractivity contribution >= 4 is 16.0 Å². The minimum absolute atomic E-state index is 0.170. The normalized spacial score (nSPS) is 22.4. The average Bonchev–Trinajstić information content (AvgIpc) is 2.28. The lowest BCUT2D eigenvalue weighted by atomic mass is 10.3. The molecule has 7 nitrogen and oxygen atoms in total. The van der Waals surface area contributed by atoms with Crippen LogP contribution in [0.5, 0.6) is 0 Å². The summed E-state index contributed by atoms with van der Waals surface area (Å²) in [4.78, 5) is 11.2. The molecule has 0 aliphatic carbocycles. The maximum atomic E-state index is 11.9. The van der Waals surface area contributed by atoms with E-state index in [1.54, 1.807) is 6.92 Å². The molecule has 0 amide bonds. The molecule has 100 valence electrons. The van der Waals surface area contributed by atoms with E-state index in [1.807, 2.05) is 0 Å². The van der Waals surface area contributed by atoms with Crippen molar-refractivity contribution in [1.29, 1.82) is 0 Å². The number of sulfonamides is 1. The van der Waals surface area contributed by atoms with Crippen molar-refractivity contribution < 1.29 is 22.7 Å². The first-order chi connectivity index (χ1) is 7.99. The lowest BCUT2D eigenvalue weighted by molar-refractivity contribution is -0.140. The van der Waals surface area contributed by atoms with Crippen LogP contribution in [0.15, 0.2) is 0 Å². The second kappa shape index (κ2) is 6.29. The number of nitrogens with two attached hydrogens (primary N) is 1. The van der Waals surface area contributed by atoms with Crippen LogP contribution in [-0.2, 0) is 24.3 Å². The molecule has 1 saturated heterocycles. The van der Waals surface area contributed by atoms with E-state index < -0.39 is 21.7 Å². The number of hydrogen-bond acceptors (Lipinski definition) is 6. The molecule has 1 unspecified atom stereocenters. The van der Waals surface area contributed by atoms with E-state index in [-0.39, 0.29) is 32.3 Å². The summed E-state index contributed by atoms with van der Waals surface area (Å²) in [5, 5.41) is 0. The Bertz CT molecular complexity index is 356. The summed E-state index contributed by atoms with van der Waals surface area (Å²) in [5.74, 6) is -1.36. The Morgan fingerprint density at radius 3 is 2.88 bits per heavy atom. The van der Waals surface area contributed by atoms with Gasteiger partial charge in [0.15, 0.2) is 5.75 Å². The molecule has 0 aromatic rings. The van der Waals surface area contributed by atoms with Crippen LogP contribution in [0.2, 0.25) is 0 Å². The second-order valence-corrected chi connectivity index (χ2v) is 5.62. The molecule has 1 fully saturated rings. The predicted octanol–water partition coefficient (Wildman–Crippen LogP) is -1.46. The molecule has 1 aliphatic heterocycles. The van der Waals surface area contributed by atoms with Crippen molar-refractivity contribution in [2.75, 3.05) is 38.6 Å². The van der Waals surface area contributed by atoms with Gasteiger partial charge in [-0.15, -0.1) is 0 Å². The molecule has 0 bridgehead atoms. The Kier molecular flexibility index (Phi) is 5.31. The Morgan fingerprint density at radius 2 is 2.29 bits per heavy atom. The van der Waals surface area contributed by atoms with Gasteiger partial charge >= 0.3 is 5.97 Å². The zero-order chi connectivity index (χ0) is 12.9. The first-order valence-electron chi connectivity index (χ1n) is 5.44. The number of morpholine rings is 1. The van der Waals surface area contributed by atoms with Crippen LogP contribution in [0.25, 0.3) is 0 Å². The fraction of sp³-hybridized carbons (Fsp3) is 0.889. The van der Waals surface area contributed by atoms with Crippen LogP contribution in [0.1, 0.15) is 6.92 Å². The molecule has 2 N–H and O–H groups in total. The third-order valence-corrected chi connectivity index (χ3v) is 4.08. The molecule has 1 aliphatic rings. The van der Waals surface area contributed by atoms with E-state index >= 15 is 0 Å². The number of carbonyl (C=O) groups is 1. The molecule has 1 atom stereocenters. The third-order valence-electron chi connectivity index (χ3n) is 2.36. The minimum Gasteiger partial charge on any atom is -0.465 e. The summed E-state index contributed by atoms with van der Waals surface area (Å²) in [6, 6.07) is 0. The van der Waals surface area contributed by atoms with Gasteiger partial charge in [-0.05, 0) is 6.92 Å². The van der Waals surface area contributed by atoms with Gasteiger partial charge in [-0.3, -0.25) is 4.79 Å². The summed E-state index contributed by atoms with van der Waals surface area (Å²) in [5.41, 5.74) is 5.42. The van der Waals surface area contributed by atoms with Crippen molar-refractivity contribution in [3.8, 4) is 0 Å².